The van der Waals surface area contributed by atoms with Gasteiger partial charge in [-0.25, -0.2) is 0 Å². The molecule has 60 valence electrons. The van der Waals surface area contributed by atoms with Crippen LogP contribution in [0.3, 0.4) is 0 Å². The highest BCUT2D eigenvalue weighted by Gasteiger charge is 2.09. The molecule has 1 heterocycles. The second-order valence-corrected chi connectivity index (χ2v) is 2.59. The van der Waals surface area contributed by atoms with E-state index in [9.17, 15) is 0 Å². The predicted octanol–water partition coefficient (Wildman–Crippen LogP) is 0.0486. The van der Waals surface area contributed by atoms with E-state index in [0.29, 0.717) is 13.3 Å². The van der Waals surface area contributed by atoms with Crippen LogP contribution in [0.2, 0.25) is 0 Å². The fraction of sp³-hybridized carbons (Fsp3) is 1.00. The molecule has 0 aliphatic carbocycles. The van der Waals surface area contributed by atoms with Gasteiger partial charge < -0.3 is 9.84 Å². The third-order valence-corrected chi connectivity index (χ3v) is 1.71. The monoisotopic (exact) mass is 145 g/mol. The smallest absolute Gasteiger partial charge is 0.0991 e. The Morgan fingerprint density at radius 3 is 2.60 bits per heavy atom. The van der Waals surface area contributed by atoms with Crippen LogP contribution in [0.25, 0.3) is 0 Å². The molecule has 0 amide bonds. The molecule has 0 atom stereocenters. The first kappa shape index (κ1) is 7.98. The molecule has 3 heteroatoms. The Morgan fingerprint density at radius 2 is 2.00 bits per heavy atom. The molecule has 1 aliphatic rings. The Morgan fingerprint density at radius 1 is 1.30 bits per heavy atom. The average Bonchev–Trinajstić information content (AvgIpc) is 2.41. The van der Waals surface area contributed by atoms with Gasteiger partial charge in [0.15, 0.2) is 0 Å². The summed E-state index contributed by atoms with van der Waals surface area (Å²) >= 11 is 0. The third kappa shape index (κ3) is 2.64. The van der Waals surface area contributed by atoms with Gasteiger partial charge in [0, 0.05) is 13.1 Å². The van der Waals surface area contributed by atoms with Crippen LogP contribution in [0.1, 0.15) is 12.8 Å². The second kappa shape index (κ2) is 4.66. The standard InChI is InChI=1S/C7H15NO2/c9-5-6-10-7-8-3-1-2-4-8/h9H,1-7H2. The van der Waals surface area contributed by atoms with Crippen LogP contribution in [-0.4, -0.2) is 43.0 Å². The first-order chi connectivity index (χ1) is 4.93. The van der Waals surface area contributed by atoms with Crippen molar-refractivity contribution >= 4 is 0 Å². The lowest BCUT2D eigenvalue weighted by Crippen LogP contribution is -2.23. The van der Waals surface area contributed by atoms with Gasteiger partial charge in [-0.3, -0.25) is 4.90 Å². The second-order valence-electron chi connectivity index (χ2n) is 2.59. The number of aliphatic hydroxyl groups is 1. The largest absolute Gasteiger partial charge is 0.394 e. The van der Waals surface area contributed by atoms with E-state index in [1.807, 2.05) is 0 Å². The summed E-state index contributed by atoms with van der Waals surface area (Å²) in [6.07, 6.45) is 2.59. The molecule has 1 rings (SSSR count). The normalized spacial score (nSPS) is 20.1. The van der Waals surface area contributed by atoms with Crippen molar-refractivity contribution in [3.8, 4) is 0 Å². The molecule has 0 unspecified atom stereocenters. The van der Waals surface area contributed by atoms with Crippen molar-refractivity contribution < 1.29 is 9.84 Å². The average molecular weight is 145 g/mol. The van der Waals surface area contributed by atoms with E-state index < -0.39 is 0 Å². The van der Waals surface area contributed by atoms with Gasteiger partial charge in [-0.2, -0.15) is 0 Å². The number of likely N-dealkylation sites (tertiary alicyclic amines) is 1. The lowest BCUT2D eigenvalue weighted by atomic mass is 10.4. The number of ether oxygens (including phenoxy) is 1. The number of rotatable bonds is 4. The number of hydrogen-bond donors (Lipinski definition) is 1. The summed E-state index contributed by atoms with van der Waals surface area (Å²) in [4.78, 5) is 2.26. The van der Waals surface area contributed by atoms with Crippen molar-refractivity contribution in [2.45, 2.75) is 12.8 Å². The molecule has 0 aromatic heterocycles. The van der Waals surface area contributed by atoms with Crippen LogP contribution in [0.15, 0.2) is 0 Å². The lowest BCUT2D eigenvalue weighted by Gasteiger charge is -2.13. The van der Waals surface area contributed by atoms with E-state index in [1.54, 1.807) is 0 Å². The molecular weight excluding hydrogens is 130 g/mol. The minimum absolute atomic E-state index is 0.133. The van der Waals surface area contributed by atoms with Crippen molar-refractivity contribution in [1.82, 2.24) is 4.90 Å². The molecule has 3 nitrogen and oxygen atoms in total. The molecule has 0 aromatic rings. The van der Waals surface area contributed by atoms with Gasteiger partial charge in [0.25, 0.3) is 0 Å². The molecule has 0 bridgehead atoms. The number of aliphatic hydroxyl groups excluding tert-OH is 1. The Hall–Kier alpha value is -0.120. The number of hydrogen-bond acceptors (Lipinski definition) is 3. The van der Waals surface area contributed by atoms with Gasteiger partial charge in [-0.15, -0.1) is 0 Å². The van der Waals surface area contributed by atoms with Crippen LogP contribution in [0.4, 0.5) is 0 Å². The molecule has 0 aromatic carbocycles. The molecular formula is C7H15NO2. The summed E-state index contributed by atoms with van der Waals surface area (Å²) in [5.74, 6) is 0. The van der Waals surface area contributed by atoms with Crippen molar-refractivity contribution in [2.24, 2.45) is 0 Å². The first-order valence-electron chi connectivity index (χ1n) is 3.84. The highest BCUT2D eigenvalue weighted by atomic mass is 16.5. The van der Waals surface area contributed by atoms with E-state index in [-0.39, 0.29) is 6.61 Å². The van der Waals surface area contributed by atoms with E-state index in [2.05, 4.69) is 4.90 Å². The quantitative estimate of drug-likeness (QED) is 0.567. The molecule has 1 fully saturated rings. The van der Waals surface area contributed by atoms with Crippen molar-refractivity contribution in [3.63, 3.8) is 0 Å². The maximum atomic E-state index is 8.40. The SMILES string of the molecule is OCCOCN1CCCC1. The van der Waals surface area contributed by atoms with Gasteiger partial charge in [0.1, 0.15) is 0 Å². The van der Waals surface area contributed by atoms with Crippen molar-refractivity contribution in [1.29, 1.82) is 0 Å². The fourth-order valence-corrected chi connectivity index (χ4v) is 1.17. The van der Waals surface area contributed by atoms with Gasteiger partial charge >= 0.3 is 0 Å². The molecule has 0 radical (unpaired) electrons. The van der Waals surface area contributed by atoms with E-state index >= 15 is 0 Å². The van der Waals surface area contributed by atoms with Crippen LogP contribution >= 0.6 is 0 Å². The molecule has 0 spiro atoms. The summed E-state index contributed by atoms with van der Waals surface area (Å²) < 4.78 is 5.14. The Bertz CT molecular complexity index is 81.7. The summed E-state index contributed by atoms with van der Waals surface area (Å²) in [6, 6.07) is 0. The van der Waals surface area contributed by atoms with E-state index in [1.165, 1.54) is 12.8 Å². The topological polar surface area (TPSA) is 32.7 Å². The van der Waals surface area contributed by atoms with E-state index in [0.717, 1.165) is 13.1 Å². The molecule has 1 saturated heterocycles. The Kier molecular flexibility index (Phi) is 3.72. The minimum atomic E-state index is 0.133. The zero-order valence-corrected chi connectivity index (χ0v) is 6.25. The van der Waals surface area contributed by atoms with Crippen LogP contribution in [0.5, 0.6) is 0 Å². The first-order valence-corrected chi connectivity index (χ1v) is 3.84. The fourth-order valence-electron chi connectivity index (χ4n) is 1.17. The summed E-state index contributed by atoms with van der Waals surface area (Å²) in [7, 11) is 0. The zero-order valence-electron chi connectivity index (χ0n) is 6.25. The van der Waals surface area contributed by atoms with Crippen LogP contribution in [0, 0.1) is 0 Å². The minimum Gasteiger partial charge on any atom is -0.394 e. The Balaban J connectivity index is 1.91. The van der Waals surface area contributed by atoms with Gasteiger partial charge in [0.05, 0.1) is 19.9 Å². The van der Waals surface area contributed by atoms with Crippen LogP contribution < -0.4 is 0 Å². The lowest BCUT2D eigenvalue weighted by molar-refractivity contribution is 0.0222. The molecule has 1 aliphatic heterocycles. The van der Waals surface area contributed by atoms with Gasteiger partial charge in [-0.05, 0) is 12.8 Å². The van der Waals surface area contributed by atoms with Crippen LogP contribution in [-0.2, 0) is 4.74 Å². The highest BCUT2D eigenvalue weighted by Crippen LogP contribution is 2.05. The summed E-state index contributed by atoms with van der Waals surface area (Å²) in [5, 5.41) is 8.40. The Labute approximate surface area is 61.6 Å². The summed E-state index contributed by atoms with van der Waals surface area (Å²) in [6.45, 7) is 3.61. The van der Waals surface area contributed by atoms with E-state index in [4.69, 9.17) is 9.84 Å². The summed E-state index contributed by atoms with van der Waals surface area (Å²) in [5.41, 5.74) is 0. The third-order valence-electron chi connectivity index (χ3n) is 1.71. The van der Waals surface area contributed by atoms with Gasteiger partial charge in [0.2, 0.25) is 0 Å². The maximum Gasteiger partial charge on any atom is 0.0991 e. The molecule has 10 heavy (non-hydrogen) atoms. The zero-order chi connectivity index (χ0) is 7.23. The number of nitrogens with zero attached hydrogens (tertiary/aromatic N) is 1. The molecule has 0 saturated carbocycles. The van der Waals surface area contributed by atoms with Gasteiger partial charge in [-0.1, -0.05) is 0 Å². The van der Waals surface area contributed by atoms with Crippen molar-refractivity contribution in [2.75, 3.05) is 33.0 Å². The highest BCUT2D eigenvalue weighted by molar-refractivity contribution is 4.61. The molecule has 1 N–H and O–H groups in total. The maximum absolute atomic E-state index is 8.40. The van der Waals surface area contributed by atoms with Crippen molar-refractivity contribution in [3.05, 3.63) is 0 Å². The predicted molar refractivity (Wildman–Crippen MR) is 38.7 cm³/mol.